The third kappa shape index (κ3) is 2.23. The SMILES string of the molecule is N[C@H](CO)[C@H](N)CO. The standard InChI is InChI=1S/C4H12N2O2/c5-3(1-7)4(6)2-8/h3-4,7-8H,1-2,5-6H2/t3-,4-/m1/s1. The lowest BCUT2D eigenvalue weighted by molar-refractivity contribution is 0.199. The summed E-state index contributed by atoms with van der Waals surface area (Å²) < 4.78 is 0. The summed E-state index contributed by atoms with van der Waals surface area (Å²) in [6, 6.07) is -1.00. The highest BCUT2D eigenvalue weighted by atomic mass is 16.3. The average Bonchev–Trinajstić information content (AvgIpc) is 1.84. The predicted octanol–water partition coefficient (Wildman–Crippen LogP) is -2.37. The van der Waals surface area contributed by atoms with E-state index in [0.29, 0.717) is 0 Å². The molecule has 0 radical (unpaired) electrons. The Kier molecular flexibility index (Phi) is 3.72. The van der Waals surface area contributed by atoms with Gasteiger partial charge >= 0.3 is 0 Å². The third-order valence-corrected chi connectivity index (χ3v) is 0.972. The van der Waals surface area contributed by atoms with E-state index in [1.807, 2.05) is 0 Å². The van der Waals surface area contributed by atoms with Gasteiger partial charge in [-0.2, -0.15) is 0 Å². The second-order valence-corrected chi connectivity index (χ2v) is 1.69. The summed E-state index contributed by atoms with van der Waals surface area (Å²) in [6.45, 7) is -0.358. The summed E-state index contributed by atoms with van der Waals surface area (Å²) in [5.41, 5.74) is 10.4. The van der Waals surface area contributed by atoms with Gasteiger partial charge in [0.15, 0.2) is 0 Å². The Morgan fingerprint density at radius 2 is 1.25 bits per heavy atom. The van der Waals surface area contributed by atoms with Crippen molar-refractivity contribution < 1.29 is 10.2 Å². The smallest absolute Gasteiger partial charge is 0.0598 e. The number of rotatable bonds is 3. The van der Waals surface area contributed by atoms with Crippen LogP contribution in [0.3, 0.4) is 0 Å². The Hall–Kier alpha value is -0.160. The van der Waals surface area contributed by atoms with E-state index in [0.717, 1.165) is 0 Å². The van der Waals surface area contributed by atoms with Gasteiger partial charge in [0.25, 0.3) is 0 Å². The van der Waals surface area contributed by atoms with Crippen LogP contribution in [0.4, 0.5) is 0 Å². The molecule has 0 aliphatic carbocycles. The van der Waals surface area contributed by atoms with E-state index in [4.69, 9.17) is 21.7 Å². The van der Waals surface area contributed by atoms with Crippen molar-refractivity contribution in [3.05, 3.63) is 0 Å². The molecule has 0 rings (SSSR count). The minimum Gasteiger partial charge on any atom is -0.395 e. The average molecular weight is 120 g/mol. The van der Waals surface area contributed by atoms with Crippen LogP contribution in [0.1, 0.15) is 0 Å². The topological polar surface area (TPSA) is 92.5 Å². The van der Waals surface area contributed by atoms with Crippen LogP contribution in [0.2, 0.25) is 0 Å². The van der Waals surface area contributed by atoms with Crippen LogP contribution >= 0.6 is 0 Å². The first-order chi connectivity index (χ1) is 3.72. The van der Waals surface area contributed by atoms with Crippen LogP contribution in [-0.4, -0.2) is 35.5 Å². The summed E-state index contributed by atoms with van der Waals surface area (Å²) in [5.74, 6) is 0. The summed E-state index contributed by atoms with van der Waals surface area (Å²) in [5, 5.41) is 16.6. The van der Waals surface area contributed by atoms with Gasteiger partial charge in [0.1, 0.15) is 0 Å². The number of aliphatic hydroxyl groups excluding tert-OH is 2. The first-order valence-corrected chi connectivity index (χ1v) is 2.45. The zero-order valence-corrected chi connectivity index (χ0v) is 4.62. The van der Waals surface area contributed by atoms with Gasteiger partial charge in [0, 0.05) is 12.1 Å². The number of aliphatic hydroxyl groups is 2. The maximum atomic E-state index is 8.32. The molecule has 0 saturated carbocycles. The first kappa shape index (κ1) is 7.84. The van der Waals surface area contributed by atoms with Crippen molar-refractivity contribution in [2.45, 2.75) is 12.1 Å². The lowest BCUT2D eigenvalue weighted by atomic mass is 10.2. The third-order valence-electron chi connectivity index (χ3n) is 0.972. The van der Waals surface area contributed by atoms with Crippen molar-refractivity contribution in [1.29, 1.82) is 0 Å². The van der Waals surface area contributed by atoms with Crippen molar-refractivity contribution in [2.24, 2.45) is 11.5 Å². The maximum Gasteiger partial charge on any atom is 0.0598 e. The zero-order chi connectivity index (χ0) is 6.57. The Bertz CT molecular complexity index is 52.0. The summed E-state index contributed by atoms with van der Waals surface area (Å²) in [7, 11) is 0. The molecule has 50 valence electrons. The maximum absolute atomic E-state index is 8.32. The quantitative estimate of drug-likeness (QED) is 0.335. The van der Waals surface area contributed by atoms with Crippen molar-refractivity contribution in [3.8, 4) is 0 Å². The molecule has 0 bridgehead atoms. The van der Waals surface area contributed by atoms with Gasteiger partial charge in [-0.05, 0) is 0 Å². The molecular weight excluding hydrogens is 108 g/mol. The Balaban J connectivity index is 3.29. The Morgan fingerprint density at radius 3 is 1.38 bits per heavy atom. The van der Waals surface area contributed by atoms with E-state index in [1.54, 1.807) is 0 Å². The molecule has 8 heavy (non-hydrogen) atoms. The lowest BCUT2D eigenvalue weighted by Crippen LogP contribution is -2.46. The van der Waals surface area contributed by atoms with Crippen molar-refractivity contribution >= 4 is 0 Å². The van der Waals surface area contributed by atoms with Crippen LogP contribution in [0, 0.1) is 0 Å². The zero-order valence-electron chi connectivity index (χ0n) is 4.62. The first-order valence-electron chi connectivity index (χ1n) is 2.45. The minimum atomic E-state index is -0.500. The van der Waals surface area contributed by atoms with E-state index in [9.17, 15) is 0 Å². The van der Waals surface area contributed by atoms with Crippen LogP contribution in [-0.2, 0) is 0 Å². The number of hydrogen-bond donors (Lipinski definition) is 4. The molecule has 0 aromatic carbocycles. The number of hydrogen-bond acceptors (Lipinski definition) is 4. The van der Waals surface area contributed by atoms with Crippen LogP contribution in [0.25, 0.3) is 0 Å². The van der Waals surface area contributed by atoms with Gasteiger partial charge in [-0.1, -0.05) is 0 Å². The normalized spacial score (nSPS) is 18.0. The van der Waals surface area contributed by atoms with Gasteiger partial charge in [-0.3, -0.25) is 0 Å². The van der Waals surface area contributed by atoms with Crippen LogP contribution in [0.15, 0.2) is 0 Å². The molecule has 0 saturated heterocycles. The molecule has 0 aliphatic heterocycles. The van der Waals surface area contributed by atoms with Crippen LogP contribution in [0.5, 0.6) is 0 Å². The summed E-state index contributed by atoms with van der Waals surface area (Å²) >= 11 is 0. The molecular formula is C4H12N2O2. The van der Waals surface area contributed by atoms with Crippen molar-refractivity contribution in [2.75, 3.05) is 13.2 Å². The monoisotopic (exact) mass is 120 g/mol. The van der Waals surface area contributed by atoms with Crippen molar-refractivity contribution in [3.63, 3.8) is 0 Å². The minimum absolute atomic E-state index is 0.179. The molecule has 0 fully saturated rings. The van der Waals surface area contributed by atoms with Gasteiger partial charge in [0.05, 0.1) is 13.2 Å². The number of nitrogens with two attached hydrogens (primary N) is 2. The molecule has 0 unspecified atom stereocenters. The summed E-state index contributed by atoms with van der Waals surface area (Å²) in [4.78, 5) is 0. The highest BCUT2D eigenvalue weighted by Crippen LogP contribution is 1.81. The van der Waals surface area contributed by atoms with E-state index in [-0.39, 0.29) is 13.2 Å². The second-order valence-electron chi connectivity index (χ2n) is 1.69. The molecule has 0 aromatic rings. The van der Waals surface area contributed by atoms with E-state index in [1.165, 1.54) is 0 Å². The van der Waals surface area contributed by atoms with Gasteiger partial charge in [0.2, 0.25) is 0 Å². The van der Waals surface area contributed by atoms with E-state index < -0.39 is 12.1 Å². The molecule has 6 N–H and O–H groups in total. The molecule has 0 aliphatic rings. The van der Waals surface area contributed by atoms with Crippen LogP contribution < -0.4 is 11.5 Å². The van der Waals surface area contributed by atoms with Gasteiger partial charge in [-0.15, -0.1) is 0 Å². The fourth-order valence-corrected chi connectivity index (χ4v) is 0.271. The highest BCUT2D eigenvalue weighted by Gasteiger charge is 2.08. The fourth-order valence-electron chi connectivity index (χ4n) is 0.271. The molecule has 0 amide bonds. The molecule has 2 atom stereocenters. The highest BCUT2D eigenvalue weighted by molar-refractivity contribution is 4.72. The lowest BCUT2D eigenvalue weighted by Gasteiger charge is -2.13. The Labute approximate surface area is 48.1 Å². The van der Waals surface area contributed by atoms with Gasteiger partial charge in [-0.25, -0.2) is 0 Å². The summed E-state index contributed by atoms with van der Waals surface area (Å²) in [6.07, 6.45) is 0. The second kappa shape index (κ2) is 3.80. The van der Waals surface area contributed by atoms with Crippen molar-refractivity contribution in [1.82, 2.24) is 0 Å². The largest absolute Gasteiger partial charge is 0.395 e. The molecule has 0 aromatic heterocycles. The van der Waals surface area contributed by atoms with E-state index >= 15 is 0 Å². The van der Waals surface area contributed by atoms with E-state index in [2.05, 4.69) is 0 Å². The molecule has 0 spiro atoms. The fraction of sp³-hybridized carbons (Fsp3) is 1.00. The molecule has 4 heteroatoms. The molecule has 4 nitrogen and oxygen atoms in total. The molecule has 0 heterocycles. The van der Waals surface area contributed by atoms with Gasteiger partial charge < -0.3 is 21.7 Å². The Morgan fingerprint density at radius 1 is 1.00 bits per heavy atom. The predicted molar refractivity (Wildman–Crippen MR) is 30.1 cm³/mol.